The summed E-state index contributed by atoms with van der Waals surface area (Å²) in [6.07, 6.45) is 0. The van der Waals surface area contributed by atoms with Crippen LogP contribution < -0.4 is 5.73 Å². The van der Waals surface area contributed by atoms with Crippen molar-refractivity contribution in [3.63, 3.8) is 0 Å². The molecule has 18 heavy (non-hydrogen) atoms. The molecule has 0 bridgehead atoms. The zero-order chi connectivity index (χ0) is 13.9. The number of nitrogens with two attached hydrogens (primary N) is 1. The molecule has 100 valence electrons. The molecule has 1 rings (SSSR count). The maximum atomic E-state index is 11.0. The van der Waals surface area contributed by atoms with Crippen LogP contribution in [0.15, 0.2) is 16.6 Å². The largest absolute Gasteiger partial charge is 0.507 e. The first kappa shape index (κ1) is 15.0. The van der Waals surface area contributed by atoms with Gasteiger partial charge in [0.05, 0.1) is 6.54 Å². The van der Waals surface area contributed by atoms with Crippen molar-refractivity contribution in [2.75, 3.05) is 6.54 Å². The van der Waals surface area contributed by atoms with Crippen LogP contribution in [0.25, 0.3) is 0 Å². The molecular weight excluding hydrogens is 296 g/mol. The van der Waals surface area contributed by atoms with E-state index < -0.39 is 0 Å². The van der Waals surface area contributed by atoms with E-state index in [0.29, 0.717) is 6.54 Å². The van der Waals surface area contributed by atoms with Crippen LogP contribution in [-0.4, -0.2) is 28.5 Å². The first-order valence-corrected chi connectivity index (χ1v) is 6.61. The van der Waals surface area contributed by atoms with Gasteiger partial charge >= 0.3 is 0 Å². The Labute approximate surface area is 116 Å². The van der Waals surface area contributed by atoms with E-state index in [1.54, 1.807) is 0 Å². The molecule has 0 aliphatic heterocycles. The molecule has 0 radical (unpaired) electrons. The minimum Gasteiger partial charge on any atom is -0.507 e. The topological polar surface area (TPSA) is 66.6 Å². The standard InChI is InChI=1S/C13H19BrN2O2/c1-8(2)16(7-12(15)17)6-10-5-11(14)4-9(3)13(10)18/h4-5,8,18H,6-7H2,1-3H3,(H2,15,17). The van der Waals surface area contributed by atoms with Gasteiger partial charge in [0.2, 0.25) is 5.91 Å². The number of hydrogen-bond donors (Lipinski definition) is 2. The van der Waals surface area contributed by atoms with Gasteiger partial charge in [-0.25, -0.2) is 0 Å². The average molecular weight is 315 g/mol. The van der Waals surface area contributed by atoms with Crippen molar-refractivity contribution in [2.24, 2.45) is 5.73 Å². The number of rotatable bonds is 5. The minimum atomic E-state index is -0.366. The molecule has 1 aromatic rings. The van der Waals surface area contributed by atoms with Crippen molar-refractivity contribution in [1.29, 1.82) is 0 Å². The van der Waals surface area contributed by atoms with Gasteiger partial charge in [-0.3, -0.25) is 9.69 Å². The summed E-state index contributed by atoms with van der Waals surface area (Å²) in [4.78, 5) is 13.0. The van der Waals surface area contributed by atoms with Crippen molar-refractivity contribution in [3.8, 4) is 5.75 Å². The van der Waals surface area contributed by atoms with Crippen LogP contribution in [-0.2, 0) is 11.3 Å². The average Bonchev–Trinajstić information content (AvgIpc) is 2.23. The van der Waals surface area contributed by atoms with E-state index in [-0.39, 0.29) is 24.2 Å². The Bertz CT molecular complexity index is 447. The molecule has 3 N–H and O–H groups in total. The van der Waals surface area contributed by atoms with Crippen LogP contribution in [0.1, 0.15) is 25.0 Å². The molecule has 0 aromatic heterocycles. The van der Waals surface area contributed by atoms with Gasteiger partial charge in [-0.05, 0) is 38.5 Å². The van der Waals surface area contributed by atoms with Crippen LogP contribution >= 0.6 is 15.9 Å². The van der Waals surface area contributed by atoms with Crippen molar-refractivity contribution in [3.05, 3.63) is 27.7 Å². The number of hydrogen-bond acceptors (Lipinski definition) is 3. The second-order valence-corrected chi connectivity index (χ2v) is 5.61. The molecular formula is C13H19BrN2O2. The fourth-order valence-electron chi connectivity index (χ4n) is 1.77. The zero-order valence-corrected chi connectivity index (χ0v) is 12.5. The highest BCUT2D eigenvalue weighted by Gasteiger charge is 2.16. The van der Waals surface area contributed by atoms with Gasteiger partial charge in [-0.15, -0.1) is 0 Å². The number of carbonyl (C=O) groups excluding carboxylic acids is 1. The Balaban J connectivity index is 2.96. The number of amides is 1. The van der Waals surface area contributed by atoms with E-state index in [4.69, 9.17) is 5.73 Å². The summed E-state index contributed by atoms with van der Waals surface area (Å²) in [5.74, 6) is -0.0942. The lowest BCUT2D eigenvalue weighted by atomic mass is 10.1. The molecule has 4 nitrogen and oxygen atoms in total. The van der Waals surface area contributed by atoms with Crippen LogP contribution in [0.2, 0.25) is 0 Å². The van der Waals surface area contributed by atoms with E-state index in [9.17, 15) is 9.90 Å². The molecule has 5 heteroatoms. The molecule has 1 aromatic carbocycles. The van der Waals surface area contributed by atoms with Crippen molar-refractivity contribution < 1.29 is 9.90 Å². The Morgan fingerprint density at radius 1 is 1.50 bits per heavy atom. The van der Waals surface area contributed by atoms with Gasteiger partial charge in [-0.2, -0.15) is 0 Å². The third-order valence-corrected chi connectivity index (χ3v) is 3.26. The highest BCUT2D eigenvalue weighted by atomic mass is 79.9. The smallest absolute Gasteiger partial charge is 0.231 e. The summed E-state index contributed by atoms with van der Waals surface area (Å²) in [5.41, 5.74) is 6.83. The first-order valence-electron chi connectivity index (χ1n) is 5.81. The molecule has 0 atom stereocenters. The zero-order valence-electron chi connectivity index (χ0n) is 10.9. The van der Waals surface area contributed by atoms with Crippen LogP contribution in [0.3, 0.4) is 0 Å². The molecule has 0 aliphatic rings. The highest BCUT2D eigenvalue weighted by Crippen LogP contribution is 2.28. The van der Waals surface area contributed by atoms with Crippen LogP contribution in [0.5, 0.6) is 5.75 Å². The second kappa shape index (κ2) is 6.20. The third-order valence-electron chi connectivity index (χ3n) is 2.81. The first-order chi connectivity index (χ1) is 8.31. The fourth-order valence-corrected chi connectivity index (χ4v) is 2.39. The lowest BCUT2D eigenvalue weighted by Gasteiger charge is -2.25. The van der Waals surface area contributed by atoms with Gasteiger partial charge < -0.3 is 10.8 Å². The summed E-state index contributed by atoms with van der Waals surface area (Å²) in [5, 5.41) is 10.0. The Morgan fingerprint density at radius 2 is 2.11 bits per heavy atom. The molecule has 0 fully saturated rings. The summed E-state index contributed by atoms with van der Waals surface area (Å²) >= 11 is 3.40. The fraction of sp³-hybridized carbons (Fsp3) is 0.462. The Kier molecular flexibility index (Phi) is 5.16. The van der Waals surface area contributed by atoms with Crippen molar-refractivity contribution in [2.45, 2.75) is 33.4 Å². The SMILES string of the molecule is Cc1cc(Br)cc(CN(CC(N)=O)C(C)C)c1O. The number of primary amides is 1. The van der Waals surface area contributed by atoms with Crippen molar-refractivity contribution >= 4 is 21.8 Å². The monoisotopic (exact) mass is 314 g/mol. The highest BCUT2D eigenvalue weighted by molar-refractivity contribution is 9.10. The van der Waals surface area contributed by atoms with E-state index in [0.717, 1.165) is 15.6 Å². The molecule has 0 saturated heterocycles. The summed E-state index contributed by atoms with van der Waals surface area (Å²) in [6.45, 7) is 6.50. The summed E-state index contributed by atoms with van der Waals surface area (Å²) < 4.78 is 0.913. The van der Waals surface area contributed by atoms with Gasteiger partial charge in [0.25, 0.3) is 0 Å². The van der Waals surface area contributed by atoms with Crippen molar-refractivity contribution in [1.82, 2.24) is 4.90 Å². The molecule has 0 heterocycles. The van der Waals surface area contributed by atoms with E-state index in [1.807, 2.05) is 37.8 Å². The van der Waals surface area contributed by atoms with E-state index in [1.165, 1.54) is 0 Å². The maximum absolute atomic E-state index is 11.0. The molecule has 0 spiro atoms. The number of nitrogens with zero attached hydrogens (tertiary/aromatic N) is 1. The molecule has 0 saturated carbocycles. The quantitative estimate of drug-likeness (QED) is 0.875. The number of benzene rings is 1. The predicted molar refractivity (Wildman–Crippen MR) is 75.3 cm³/mol. The Hall–Kier alpha value is -1.07. The third kappa shape index (κ3) is 3.99. The normalized spacial score (nSPS) is 11.2. The van der Waals surface area contributed by atoms with Gasteiger partial charge in [-0.1, -0.05) is 15.9 Å². The van der Waals surface area contributed by atoms with Crippen LogP contribution in [0, 0.1) is 6.92 Å². The van der Waals surface area contributed by atoms with Gasteiger partial charge in [0.15, 0.2) is 0 Å². The molecule has 0 unspecified atom stereocenters. The number of aromatic hydroxyl groups is 1. The second-order valence-electron chi connectivity index (χ2n) is 4.70. The van der Waals surface area contributed by atoms with Gasteiger partial charge in [0.1, 0.15) is 5.75 Å². The number of phenolic OH excluding ortho intramolecular Hbond substituents is 1. The summed E-state index contributed by atoms with van der Waals surface area (Å²) in [7, 11) is 0. The lowest BCUT2D eigenvalue weighted by molar-refractivity contribution is -0.119. The van der Waals surface area contributed by atoms with E-state index >= 15 is 0 Å². The number of phenols is 1. The molecule has 0 aliphatic carbocycles. The maximum Gasteiger partial charge on any atom is 0.231 e. The van der Waals surface area contributed by atoms with Gasteiger partial charge in [0, 0.05) is 22.6 Å². The van der Waals surface area contributed by atoms with Crippen LogP contribution in [0.4, 0.5) is 0 Å². The molecule has 1 amide bonds. The van der Waals surface area contributed by atoms with E-state index in [2.05, 4.69) is 15.9 Å². The predicted octanol–water partition coefficient (Wildman–Crippen LogP) is 2.16. The number of aryl methyl sites for hydroxylation is 1. The number of carbonyl (C=O) groups is 1. The minimum absolute atomic E-state index is 0.177. The number of halogens is 1. The summed E-state index contributed by atoms with van der Waals surface area (Å²) in [6, 6.07) is 3.89. The Morgan fingerprint density at radius 3 is 2.61 bits per heavy atom. The lowest BCUT2D eigenvalue weighted by Crippen LogP contribution is -2.38.